The normalized spacial score (nSPS) is 10.1. The Morgan fingerprint density at radius 2 is 1.26 bits per heavy atom. The van der Waals surface area contributed by atoms with Crippen molar-refractivity contribution in [3.8, 4) is 11.5 Å². The zero-order valence-electron chi connectivity index (χ0n) is 23.7. The van der Waals surface area contributed by atoms with E-state index in [1.54, 1.807) is 39.2 Å². The summed E-state index contributed by atoms with van der Waals surface area (Å²) in [6, 6.07) is 10.8. The second kappa shape index (κ2) is 18.9. The number of aryl methyl sites for hydroxylation is 4. The molecule has 2 aromatic heterocycles. The van der Waals surface area contributed by atoms with Crippen LogP contribution in [0.2, 0.25) is 0 Å². The lowest BCUT2D eigenvalue weighted by Crippen LogP contribution is -2.07. The van der Waals surface area contributed by atoms with Crippen molar-refractivity contribution in [1.82, 2.24) is 19.1 Å². The second-order valence-electron chi connectivity index (χ2n) is 8.56. The van der Waals surface area contributed by atoms with Gasteiger partial charge in [0, 0.05) is 39.1 Å². The first-order chi connectivity index (χ1) is 19.5. The minimum atomic E-state index is -0.215. The maximum Gasteiger partial charge on any atom is 0.369 e. The van der Waals surface area contributed by atoms with Gasteiger partial charge in [0.1, 0.15) is 23.1 Å². The van der Waals surface area contributed by atoms with Gasteiger partial charge in [-0.3, -0.25) is 9.59 Å². The number of aromatic nitrogens is 4. The molecular weight excluding hydrogens is 739 g/mol. The number of aromatic hydroxyl groups is 1. The number of halogens is 3. The zero-order valence-corrected chi connectivity index (χ0v) is 28.5. The van der Waals surface area contributed by atoms with Crippen molar-refractivity contribution in [3.63, 3.8) is 0 Å². The fourth-order valence-corrected chi connectivity index (χ4v) is 3.92. The molecule has 0 spiro atoms. The highest BCUT2D eigenvalue weighted by Crippen LogP contribution is 2.22. The first kappa shape index (κ1) is 37.5. The molecule has 0 saturated heterocycles. The Morgan fingerprint density at radius 3 is 1.69 bits per heavy atom. The molecule has 0 bridgehead atoms. The molecule has 4 rings (SSSR count). The molecule has 0 aliphatic heterocycles. The van der Waals surface area contributed by atoms with E-state index in [-0.39, 0.29) is 28.3 Å². The summed E-state index contributed by atoms with van der Waals surface area (Å²) in [5, 5.41) is 9.44. The van der Waals surface area contributed by atoms with Crippen LogP contribution in [0.5, 0.6) is 11.5 Å². The summed E-state index contributed by atoms with van der Waals surface area (Å²) in [6.45, 7) is 4.41. The number of nitrogens with zero attached hydrogens (tertiary/aromatic N) is 4. The SMILES string of the molecule is BrB(Br)Br.C.CCOC(=O)CCc1nc2ccc(O)cc2n1C.CCOC(=O)CCc1nc2ccc(OC)cc2n1C. The highest BCUT2D eigenvalue weighted by molar-refractivity contribution is 9.69. The van der Waals surface area contributed by atoms with Gasteiger partial charge >= 0.3 is 15.1 Å². The van der Waals surface area contributed by atoms with Crippen LogP contribution in [0.25, 0.3) is 22.1 Å². The number of methoxy groups -OCH3 is 1. The van der Waals surface area contributed by atoms with Gasteiger partial charge in [0.25, 0.3) is 0 Å². The van der Waals surface area contributed by atoms with E-state index in [1.165, 1.54) is 0 Å². The lowest BCUT2D eigenvalue weighted by atomic mass is 10.3. The summed E-state index contributed by atoms with van der Waals surface area (Å²) in [5.74, 6) is 2.29. The molecule has 230 valence electrons. The lowest BCUT2D eigenvalue weighted by molar-refractivity contribution is -0.144. The van der Waals surface area contributed by atoms with Crippen molar-refractivity contribution in [2.45, 2.75) is 47.0 Å². The lowest BCUT2D eigenvalue weighted by Gasteiger charge is -2.03. The smallest absolute Gasteiger partial charge is 0.369 e. The summed E-state index contributed by atoms with van der Waals surface area (Å²) in [5.41, 5.74) is 3.57. The van der Waals surface area contributed by atoms with Crippen LogP contribution in [0.3, 0.4) is 0 Å². The third-order valence-corrected chi connectivity index (χ3v) is 5.85. The van der Waals surface area contributed by atoms with Crippen LogP contribution in [0.15, 0.2) is 36.4 Å². The van der Waals surface area contributed by atoms with Gasteiger partial charge in [-0.1, -0.05) is 7.43 Å². The number of rotatable bonds is 9. The van der Waals surface area contributed by atoms with Gasteiger partial charge in [-0.15, -0.1) is 47.3 Å². The molecule has 0 atom stereocenters. The molecule has 0 amide bonds. The van der Waals surface area contributed by atoms with Gasteiger partial charge in [0.05, 0.1) is 55.2 Å². The molecule has 4 aromatic rings. The molecular formula is C28H38BBr3N4O6. The number of phenolic OH excluding ortho intramolecular Hbond substituents is 1. The van der Waals surface area contributed by atoms with Crippen molar-refractivity contribution >= 4 is 84.5 Å². The minimum absolute atomic E-state index is 0. The third-order valence-electron chi connectivity index (χ3n) is 5.85. The van der Waals surface area contributed by atoms with E-state index in [4.69, 9.17) is 14.2 Å². The van der Waals surface area contributed by atoms with Crippen LogP contribution in [0, 0.1) is 0 Å². The van der Waals surface area contributed by atoms with Crippen molar-refractivity contribution in [1.29, 1.82) is 0 Å². The highest BCUT2D eigenvalue weighted by atomic mass is 79.9. The Morgan fingerprint density at radius 1 is 0.833 bits per heavy atom. The fraction of sp³-hybridized carbons (Fsp3) is 0.429. The molecule has 10 nitrogen and oxygen atoms in total. The summed E-state index contributed by atoms with van der Waals surface area (Å²) >= 11 is 9.31. The monoisotopic (exact) mass is 774 g/mol. The van der Waals surface area contributed by atoms with Gasteiger partial charge < -0.3 is 28.5 Å². The molecule has 2 heterocycles. The van der Waals surface area contributed by atoms with Gasteiger partial charge in [0.2, 0.25) is 0 Å². The van der Waals surface area contributed by atoms with Gasteiger partial charge in [-0.2, -0.15) is 0 Å². The van der Waals surface area contributed by atoms with Crippen LogP contribution >= 0.6 is 47.3 Å². The number of esters is 2. The number of carbonyl (C=O) groups is 2. The molecule has 14 heteroatoms. The van der Waals surface area contributed by atoms with Crippen LogP contribution in [-0.2, 0) is 46.0 Å². The Kier molecular flexibility index (Phi) is 16.8. The number of benzene rings is 2. The first-order valence-corrected chi connectivity index (χ1v) is 15.6. The highest BCUT2D eigenvalue weighted by Gasteiger charge is 2.12. The molecule has 2 aromatic carbocycles. The molecule has 0 unspecified atom stereocenters. The summed E-state index contributed by atoms with van der Waals surface area (Å²) in [4.78, 5) is 31.6. The Hall–Kier alpha value is -2.58. The molecule has 1 N–H and O–H groups in total. The number of hydrogen-bond acceptors (Lipinski definition) is 8. The van der Waals surface area contributed by atoms with Gasteiger partial charge in [-0.05, 0) is 38.1 Å². The number of phenols is 1. The maximum absolute atomic E-state index is 11.4. The second-order valence-corrected chi connectivity index (χ2v) is 15.0. The Labute approximate surface area is 272 Å². The Balaban J connectivity index is 0.000000365. The number of fused-ring (bicyclic) bond motifs is 2. The van der Waals surface area contributed by atoms with Crippen molar-refractivity contribution in [2.24, 2.45) is 14.1 Å². The van der Waals surface area contributed by atoms with Crippen LogP contribution in [-0.4, -0.2) is 59.7 Å². The predicted octanol–water partition coefficient (Wildman–Crippen LogP) is 6.64. The van der Waals surface area contributed by atoms with Crippen molar-refractivity contribution < 1.29 is 28.9 Å². The molecule has 0 aliphatic rings. The third kappa shape index (κ3) is 11.6. The predicted molar refractivity (Wildman–Crippen MR) is 179 cm³/mol. The minimum Gasteiger partial charge on any atom is -0.508 e. The van der Waals surface area contributed by atoms with E-state index in [0.29, 0.717) is 38.9 Å². The molecule has 0 aliphatic carbocycles. The largest absolute Gasteiger partial charge is 0.508 e. The molecule has 0 radical (unpaired) electrons. The number of hydrogen-bond donors (Lipinski definition) is 1. The number of carbonyl (C=O) groups excluding carboxylic acids is 2. The summed E-state index contributed by atoms with van der Waals surface area (Å²) in [6.07, 6.45) is 1.77. The quantitative estimate of drug-likeness (QED) is 0.149. The van der Waals surface area contributed by atoms with E-state index in [9.17, 15) is 14.7 Å². The first-order valence-electron chi connectivity index (χ1n) is 12.9. The van der Waals surface area contributed by atoms with Crippen LogP contribution in [0.4, 0.5) is 0 Å². The van der Waals surface area contributed by atoms with E-state index < -0.39 is 0 Å². The van der Waals surface area contributed by atoms with E-state index in [0.717, 1.165) is 39.5 Å². The average molecular weight is 777 g/mol. The average Bonchev–Trinajstić information content (AvgIpc) is 3.41. The van der Waals surface area contributed by atoms with Gasteiger partial charge in [0.15, 0.2) is 0 Å². The maximum atomic E-state index is 11.4. The summed E-state index contributed by atoms with van der Waals surface area (Å²) < 4.78 is 19.1. The van der Waals surface area contributed by atoms with Crippen LogP contribution < -0.4 is 4.74 Å². The number of ether oxygens (including phenoxy) is 3. The summed E-state index contributed by atoms with van der Waals surface area (Å²) in [7, 11) is 5.45. The van der Waals surface area contributed by atoms with Gasteiger partial charge in [-0.25, -0.2) is 9.97 Å². The van der Waals surface area contributed by atoms with Crippen LogP contribution in [0.1, 0.15) is 45.8 Å². The van der Waals surface area contributed by atoms with Crippen molar-refractivity contribution in [3.05, 3.63) is 48.0 Å². The van der Waals surface area contributed by atoms with Crippen molar-refractivity contribution in [2.75, 3.05) is 20.3 Å². The van der Waals surface area contributed by atoms with E-state index in [2.05, 4.69) is 57.2 Å². The molecule has 0 saturated carbocycles. The van der Waals surface area contributed by atoms with E-state index in [1.807, 2.05) is 41.4 Å². The molecule has 42 heavy (non-hydrogen) atoms. The topological polar surface area (TPSA) is 118 Å². The number of imidazole rings is 2. The zero-order chi connectivity index (χ0) is 30.5. The fourth-order valence-electron chi connectivity index (χ4n) is 3.92. The van der Waals surface area contributed by atoms with E-state index >= 15 is 0 Å². The molecule has 0 fully saturated rings. The standard InChI is InChI=1S/C14H18N2O3.C13H16N2O3.CH4.BBr3/c1-4-19-14(17)8-7-13-15-11-6-5-10(18-3)9-12(11)16(13)2;1-3-18-13(17)7-6-12-14-10-5-4-9(16)8-11(10)15(12)2;;2-1(3)4/h5-6,9H,4,7-8H2,1-3H3;4-5,8,16H,3,6-7H2,1-2H3;1H4;. The Bertz CT molecular complexity index is 1440.